The third-order valence-corrected chi connectivity index (χ3v) is 2.80. The van der Waals surface area contributed by atoms with Gasteiger partial charge in [0.1, 0.15) is 5.82 Å². The van der Waals surface area contributed by atoms with Crippen molar-refractivity contribution in [3.63, 3.8) is 0 Å². The van der Waals surface area contributed by atoms with Gasteiger partial charge in [0.2, 0.25) is 0 Å². The molecular weight excluding hydrogens is 203 g/mol. The summed E-state index contributed by atoms with van der Waals surface area (Å²) in [6, 6.07) is 6.59. The number of hydrogen-bond donors (Lipinski definition) is 2. The van der Waals surface area contributed by atoms with E-state index in [1.165, 1.54) is 12.1 Å². The summed E-state index contributed by atoms with van der Waals surface area (Å²) in [4.78, 5) is 0. The second-order valence-corrected chi connectivity index (χ2v) is 4.45. The summed E-state index contributed by atoms with van der Waals surface area (Å²) in [5, 5.41) is 6.45. The molecule has 16 heavy (non-hydrogen) atoms. The van der Waals surface area contributed by atoms with E-state index in [1.54, 1.807) is 6.07 Å². The van der Waals surface area contributed by atoms with E-state index < -0.39 is 0 Å². The van der Waals surface area contributed by atoms with Gasteiger partial charge in [-0.25, -0.2) is 4.39 Å². The average Bonchev–Trinajstić information content (AvgIpc) is 2.24. The molecule has 0 aromatic heterocycles. The predicted molar refractivity (Wildman–Crippen MR) is 67.1 cm³/mol. The molecular formula is C13H21FN2. The quantitative estimate of drug-likeness (QED) is 0.776. The first kappa shape index (κ1) is 13.0. The van der Waals surface area contributed by atoms with Crippen molar-refractivity contribution in [1.82, 2.24) is 5.32 Å². The van der Waals surface area contributed by atoms with Crippen LogP contribution in [-0.2, 0) is 0 Å². The molecule has 1 rings (SSSR count). The van der Waals surface area contributed by atoms with Crippen molar-refractivity contribution in [3.8, 4) is 0 Å². The summed E-state index contributed by atoms with van der Waals surface area (Å²) >= 11 is 0. The summed E-state index contributed by atoms with van der Waals surface area (Å²) < 4.78 is 12.9. The number of anilines is 1. The second kappa shape index (κ2) is 6.48. The first-order valence-electron chi connectivity index (χ1n) is 5.77. The Morgan fingerprint density at radius 1 is 1.25 bits per heavy atom. The van der Waals surface area contributed by atoms with Crippen molar-refractivity contribution in [2.45, 2.75) is 13.8 Å². The highest BCUT2D eigenvalue weighted by atomic mass is 19.1. The monoisotopic (exact) mass is 224 g/mol. The van der Waals surface area contributed by atoms with E-state index in [-0.39, 0.29) is 5.82 Å². The molecule has 0 bridgehead atoms. The Labute approximate surface area is 97.3 Å². The molecule has 1 aromatic rings. The van der Waals surface area contributed by atoms with Crippen LogP contribution in [0.1, 0.15) is 13.8 Å². The van der Waals surface area contributed by atoms with Gasteiger partial charge in [-0.1, -0.05) is 19.9 Å². The van der Waals surface area contributed by atoms with Gasteiger partial charge in [0.05, 0.1) is 0 Å². The Kier molecular flexibility index (Phi) is 5.26. The van der Waals surface area contributed by atoms with Gasteiger partial charge in [0.15, 0.2) is 0 Å². The Hall–Kier alpha value is -1.09. The number of nitrogens with one attached hydrogen (secondary N) is 2. The van der Waals surface area contributed by atoms with Crippen molar-refractivity contribution < 1.29 is 4.39 Å². The van der Waals surface area contributed by atoms with Crippen LogP contribution < -0.4 is 10.6 Å². The van der Waals surface area contributed by atoms with E-state index in [2.05, 4.69) is 24.5 Å². The lowest BCUT2D eigenvalue weighted by molar-refractivity contribution is 0.390. The highest BCUT2D eigenvalue weighted by Crippen LogP contribution is 2.13. The molecule has 0 saturated carbocycles. The van der Waals surface area contributed by atoms with Crippen LogP contribution in [0.3, 0.4) is 0 Å². The maximum absolute atomic E-state index is 12.9. The standard InChI is InChI=1S/C13H21FN2/c1-10(2)11(8-15-3)9-16-13-6-4-5-12(14)7-13/h4-7,10-11,15-16H,8-9H2,1-3H3. The van der Waals surface area contributed by atoms with Gasteiger partial charge in [0, 0.05) is 12.2 Å². The van der Waals surface area contributed by atoms with Gasteiger partial charge in [-0.2, -0.15) is 0 Å². The van der Waals surface area contributed by atoms with Crippen LogP contribution in [0.15, 0.2) is 24.3 Å². The van der Waals surface area contributed by atoms with Crippen LogP contribution in [0, 0.1) is 17.7 Å². The minimum atomic E-state index is -0.195. The van der Waals surface area contributed by atoms with Crippen LogP contribution in [-0.4, -0.2) is 20.1 Å². The Morgan fingerprint density at radius 2 is 2.00 bits per heavy atom. The van der Waals surface area contributed by atoms with Gasteiger partial charge in [-0.3, -0.25) is 0 Å². The lowest BCUT2D eigenvalue weighted by Crippen LogP contribution is -2.29. The molecule has 90 valence electrons. The largest absolute Gasteiger partial charge is 0.385 e. The lowest BCUT2D eigenvalue weighted by Gasteiger charge is -2.21. The number of halogens is 1. The Morgan fingerprint density at radius 3 is 2.56 bits per heavy atom. The van der Waals surface area contributed by atoms with E-state index in [0.717, 1.165) is 18.8 Å². The zero-order valence-corrected chi connectivity index (χ0v) is 10.3. The maximum atomic E-state index is 12.9. The summed E-state index contributed by atoms with van der Waals surface area (Å²) in [5.41, 5.74) is 0.849. The molecule has 0 aliphatic rings. The highest BCUT2D eigenvalue weighted by Gasteiger charge is 2.11. The van der Waals surface area contributed by atoms with Crippen LogP contribution in [0.4, 0.5) is 10.1 Å². The van der Waals surface area contributed by atoms with E-state index in [4.69, 9.17) is 0 Å². The van der Waals surface area contributed by atoms with E-state index >= 15 is 0 Å². The maximum Gasteiger partial charge on any atom is 0.125 e. The van der Waals surface area contributed by atoms with Crippen LogP contribution in [0.2, 0.25) is 0 Å². The first-order chi connectivity index (χ1) is 7.63. The fourth-order valence-corrected chi connectivity index (χ4v) is 1.65. The van der Waals surface area contributed by atoms with Gasteiger partial charge in [-0.15, -0.1) is 0 Å². The lowest BCUT2D eigenvalue weighted by atomic mass is 9.96. The minimum Gasteiger partial charge on any atom is -0.385 e. The molecule has 0 spiro atoms. The zero-order valence-electron chi connectivity index (χ0n) is 10.3. The minimum absolute atomic E-state index is 0.195. The first-order valence-corrected chi connectivity index (χ1v) is 5.77. The number of benzene rings is 1. The fraction of sp³-hybridized carbons (Fsp3) is 0.538. The van der Waals surface area contributed by atoms with E-state index in [0.29, 0.717) is 11.8 Å². The van der Waals surface area contributed by atoms with Gasteiger partial charge in [-0.05, 0) is 43.6 Å². The average molecular weight is 224 g/mol. The second-order valence-electron chi connectivity index (χ2n) is 4.45. The molecule has 0 radical (unpaired) electrons. The molecule has 1 atom stereocenters. The molecule has 3 heteroatoms. The molecule has 0 fully saturated rings. The van der Waals surface area contributed by atoms with Gasteiger partial charge >= 0.3 is 0 Å². The molecule has 1 unspecified atom stereocenters. The molecule has 0 amide bonds. The topological polar surface area (TPSA) is 24.1 Å². The van der Waals surface area contributed by atoms with Gasteiger partial charge in [0.25, 0.3) is 0 Å². The predicted octanol–water partition coefficient (Wildman–Crippen LogP) is 2.73. The van der Waals surface area contributed by atoms with Crippen molar-refractivity contribution in [3.05, 3.63) is 30.1 Å². The van der Waals surface area contributed by atoms with E-state index in [9.17, 15) is 4.39 Å². The Balaban J connectivity index is 2.48. The smallest absolute Gasteiger partial charge is 0.125 e. The molecule has 0 aliphatic carbocycles. The number of rotatable bonds is 6. The molecule has 2 N–H and O–H groups in total. The summed E-state index contributed by atoms with van der Waals surface area (Å²) in [5.74, 6) is 0.960. The van der Waals surface area contributed by atoms with Crippen molar-refractivity contribution in [2.75, 3.05) is 25.5 Å². The van der Waals surface area contributed by atoms with Crippen LogP contribution in [0.25, 0.3) is 0 Å². The summed E-state index contributed by atoms with van der Waals surface area (Å²) in [6.45, 7) is 6.24. The van der Waals surface area contributed by atoms with Crippen molar-refractivity contribution >= 4 is 5.69 Å². The fourth-order valence-electron chi connectivity index (χ4n) is 1.65. The molecule has 0 aliphatic heterocycles. The zero-order chi connectivity index (χ0) is 12.0. The third kappa shape index (κ3) is 4.19. The Bertz CT molecular complexity index is 313. The highest BCUT2D eigenvalue weighted by molar-refractivity contribution is 5.43. The van der Waals surface area contributed by atoms with Crippen molar-refractivity contribution in [1.29, 1.82) is 0 Å². The summed E-state index contributed by atoms with van der Waals surface area (Å²) in [7, 11) is 1.96. The van der Waals surface area contributed by atoms with Crippen LogP contribution >= 0.6 is 0 Å². The normalized spacial score (nSPS) is 12.8. The molecule has 0 saturated heterocycles. The number of hydrogen-bond acceptors (Lipinski definition) is 2. The van der Waals surface area contributed by atoms with Crippen molar-refractivity contribution in [2.24, 2.45) is 11.8 Å². The molecule has 1 aromatic carbocycles. The molecule has 0 heterocycles. The molecule has 2 nitrogen and oxygen atoms in total. The summed E-state index contributed by atoms with van der Waals surface area (Å²) in [6.07, 6.45) is 0. The third-order valence-electron chi connectivity index (χ3n) is 2.80. The SMILES string of the molecule is CNCC(CNc1cccc(F)c1)C(C)C. The van der Waals surface area contributed by atoms with Crippen LogP contribution in [0.5, 0.6) is 0 Å². The van der Waals surface area contributed by atoms with E-state index in [1.807, 2.05) is 13.1 Å². The van der Waals surface area contributed by atoms with Gasteiger partial charge < -0.3 is 10.6 Å².